The number of rotatable bonds is 22. The van der Waals surface area contributed by atoms with Crippen LogP contribution in [0, 0.1) is 37.1 Å². The van der Waals surface area contributed by atoms with Gasteiger partial charge in [-0.1, -0.05) is 30.3 Å². The first kappa shape index (κ1) is 82.7. The van der Waals surface area contributed by atoms with Crippen LogP contribution in [0.1, 0.15) is 13.3 Å². The van der Waals surface area contributed by atoms with Gasteiger partial charge in [0, 0.05) is 51.0 Å². The topological polar surface area (TPSA) is 301 Å². The number of nitrogens with one attached hydrogen (secondary N) is 5. The van der Waals surface area contributed by atoms with E-state index in [1.165, 1.54) is 0 Å². The molecule has 0 aromatic carbocycles. The minimum Gasteiger partial charge on any atom is -0.394 e. The first-order valence-corrected chi connectivity index (χ1v) is 30.1. The van der Waals surface area contributed by atoms with Crippen molar-refractivity contribution in [3.8, 4) is 5.82 Å². The number of hydrogen-bond acceptors (Lipinski definition) is 15. The Kier molecular flexibility index (Phi) is 33.4. The molecule has 16 N–H and O–H groups in total. The van der Waals surface area contributed by atoms with Gasteiger partial charge in [0.25, 0.3) is 5.82 Å². The third kappa shape index (κ3) is 24.6. The Balaban J connectivity index is 0.000000580. The Morgan fingerprint density at radius 1 is 0.564 bits per heavy atom. The van der Waals surface area contributed by atoms with Crippen LogP contribution in [0.4, 0.5) is 40.2 Å². The molecule has 1 aliphatic heterocycles. The summed E-state index contributed by atoms with van der Waals surface area (Å²) in [6.45, 7) is 11.5. The summed E-state index contributed by atoms with van der Waals surface area (Å²) in [4.78, 5) is 4.42. The molecule has 0 saturated heterocycles. The Bertz CT molecular complexity index is 3780. The Labute approximate surface area is 561 Å². The molecule has 0 fully saturated rings. The number of likely N-dealkylation sites (N-methyl/N-ethyl adjacent to an activating group) is 4. The number of dihydropyridines is 1. The first-order chi connectivity index (χ1) is 42.2. The van der Waals surface area contributed by atoms with E-state index in [0.717, 1.165) is 145 Å². The van der Waals surface area contributed by atoms with E-state index in [0.29, 0.717) is 30.3 Å². The Morgan fingerprint density at radius 2 is 1.01 bits per heavy atom. The molecule has 9 aromatic rings. The average Bonchev–Trinajstić information content (AvgIpc) is 1.68. The second kappa shape index (κ2) is 38.0. The fourth-order valence-corrected chi connectivity index (χ4v) is 8.97. The first-order valence-electron chi connectivity index (χ1n) is 30.1. The summed E-state index contributed by atoms with van der Waals surface area (Å²) in [6, 6.07) is 23.5. The molecule has 0 unspecified atom stereocenters. The molecule has 0 spiro atoms. The van der Waals surface area contributed by atoms with Crippen LogP contribution in [0.15, 0.2) is 157 Å². The van der Waals surface area contributed by atoms with E-state index in [1.54, 1.807) is 18.1 Å². The van der Waals surface area contributed by atoms with Gasteiger partial charge in [-0.05, 0) is 67.6 Å². The van der Waals surface area contributed by atoms with Crippen LogP contribution in [-0.4, -0.2) is 221 Å². The lowest BCUT2D eigenvalue weighted by Gasteiger charge is -2.28. The monoisotopic (exact) mass is 1300 g/mol. The quantitative estimate of drug-likeness (QED) is 0.00902. The molecule has 10 rings (SSSR count). The number of allylic oxidation sites excluding steroid dienone is 3. The molecule has 9 aromatic heterocycles. The SMILES string of the molecule is CC[N+](C)(C)CCNc1nn2ccccc2c1N.CN/C(C(N)=NCC[N+](C)(C)CCO)=C1\C=CC=CN1.C[N+](C)(C)CCCNc1nn2ccccc2c1N.C[N+](C)(C)CCNc1nn2ccccc2c1N.C[n+]1ccn(-c2nn3ccccc3c2N)c1.[CH3-].[CH3-].[CH3-].[CH3-].[CH3-]. The minimum atomic E-state index is 0. The van der Waals surface area contributed by atoms with Crippen LogP contribution in [0.3, 0.4) is 0 Å². The average molecular weight is 1300 g/mol. The second-order valence-electron chi connectivity index (χ2n) is 25.0. The molecule has 0 atom stereocenters. The van der Waals surface area contributed by atoms with Gasteiger partial charge in [-0.15, -0.1) is 20.4 Å². The summed E-state index contributed by atoms with van der Waals surface area (Å²) < 4.78 is 14.6. The Morgan fingerprint density at radius 3 is 1.39 bits per heavy atom. The number of hydrogen-bond donors (Lipinski definition) is 11. The van der Waals surface area contributed by atoms with E-state index in [9.17, 15) is 0 Å². The van der Waals surface area contributed by atoms with Gasteiger partial charge in [-0.3, -0.25) is 4.99 Å². The number of anilines is 7. The maximum absolute atomic E-state index is 8.99. The number of aliphatic hydroxyl groups is 1. The Hall–Kier alpha value is -9.34. The molecule has 0 amide bonds. The van der Waals surface area contributed by atoms with Gasteiger partial charge in [0.05, 0.1) is 164 Å². The third-order valence-electron chi connectivity index (χ3n) is 14.7. The number of nitrogens with zero attached hydrogens (tertiary/aromatic N) is 15. The number of nitrogens with two attached hydrogens (primary N) is 5. The predicted molar refractivity (Wildman–Crippen MR) is 397 cm³/mol. The van der Waals surface area contributed by atoms with Crippen LogP contribution in [0.25, 0.3) is 27.9 Å². The fourth-order valence-electron chi connectivity index (χ4n) is 8.97. The molecule has 0 aliphatic carbocycles. The number of imidazole rings is 1. The van der Waals surface area contributed by atoms with Crippen molar-refractivity contribution in [3.05, 3.63) is 189 Å². The summed E-state index contributed by atoms with van der Waals surface area (Å²) in [5.41, 5.74) is 38.6. The summed E-state index contributed by atoms with van der Waals surface area (Å²) >= 11 is 0. The van der Waals surface area contributed by atoms with Crippen molar-refractivity contribution >= 4 is 68.1 Å². The lowest BCUT2D eigenvalue weighted by molar-refractivity contribution is -0.889. The number of nitrogen functional groups attached to an aromatic ring is 4. The number of aliphatic hydroxyl groups excluding tert-OH is 1. The molecule has 520 valence electrons. The number of amidine groups is 1. The second-order valence-corrected chi connectivity index (χ2v) is 25.0. The third-order valence-corrected chi connectivity index (χ3v) is 14.7. The van der Waals surface area contributed by atoms with Gasteiger partial charge in [0.15, 0.2) is 17.5 Å². The van der Waals surface area contributed by atoms with Crippen molar-refractivity contribution in [1.29, 1.82) is 0 Å². The van der Waals surface area contributed by atoms with Crippen LogP contribution >= 0.6 is 0 Å². The molecule has 0 radical (unpaired) electrons. The van der Waals surface area contributed by atoms with E-state index in [4.69, 9.17) is 33.8 Å². The lowest BCUT2D eigenvalue weighted by atomic mass is 10.2. The predicted octanol–water partition coefficient (Wildman–Crippen LogP) is 6.18. The number of fused-ring (bicyclic) bond motifs is 4. The standard InChI is InChI=1S/C14H26N5O.2C13H22N5.C12H20N5.C11H12N5.5CH3/c1-16-13(12-6-4-5-7-17-12)14(15)18-8-9-19(2,3)10-11-20;1-18(2,3)10-6-8-15-13-12(14)11-7-4-5-9-17(11)16-13;1-4-18(2,3)10-8-15-13-12(14)11-7-5-6-9-17(11)16-13;1-17(2,3)9-7-14-12-11(13)10-6-4-5-8-16(10)15-12;1-14-6-7-15(8-14)11-10(12)9-4-2-3-5-16(9)13-11;;;;;/h4-7,16-17,20H,8-11H2,1-3H3,(H2,15,18);4-5,7,9H,6,8,10,14H2,1-3H3,(H,15,16);5-7,9H,4,8,10,14H2,1-3H3,(H,15,16);4-6,8H,7,9,13H2,1-3H3,(H,14,15);2-8H,12H2,1H3;5*1H3/q5*+1;5*-1/b13-12+;;;;;;;;;. The van der Waals surface area contributed by atoms with E-state index < -0.39 is 0 Å². The summed E-state index contributed by atoms with van der Waals surface area (Å²) in [5, 5.41) is 42.8. The summed E-state index contributed by atoms with van der Waals surface area (Å²) in [6.07, 6.45) is 22.1. The summed E-state index contributed by atoms with van der Waals surface area (Å²) in [5.74, 6) is 3.57. The molecule has 1 aliphatic rings. The highest BCUT2D eigenvalue weighted by Crippen LogP contribution is 2.25. The number of quaternary nitrogens is 4. The van der Waals surface area contributed by atoms with Crippen molar-refractivity contribution < 1.29 is 27.6 Å². The summed E-state index contributed by atoms with van der Waals surface area (Å²) in [7, 11) is 25.4. The largest absolute Gasteiger partial charge is 0.394 e. The van der Waals surface area contributed by atoms with Crippen LogP contribution in [-0.2, 0) is 7.05 Å². The molecule has 26 heteroatoms. The highest BCUT2D eigenvalue weighted by atomic mass is 16.3. The van der Waals surface area contributed by atoms with Crippen molar-refractivity contribution in [3.63, 3.8) is 0 Å². The maximum atomic E-state index is 8.99. The van der Waals surface area contributed by atoms with E-state index >= 15 is 0 Å². The maximum Gasteiger partial charge on any atom is 0.268 e. The smallest absolute Gasteiger partial charge is 0.268 e. The van der Waals surface area contributed by atoms with Gasteiger partial charge < -0.3 is 115 Å². The molecule has 0 saturated carbocycles. The van der Waals surface area contributed by atoms with Crippen LogP contribution < -0.4 is 59.8 Å². The van der Waals surface area contributed by atoms with Gasteiger partial charge in [-0.2, -0.15) is 4.57 Å². The van der Waals surface area contributed by atoms with Crippen molar-refractivity contribution in [2.45, 2.75) is 13.3 Å². The molecular weight excluding hydrogens is 1180 g/mol. The van der Waals surface area contributed by atoms with Gasteiger partial charge >= 0.3 is 0 Å². The van der Waals surface area contributed by atoms with Crippen LogP contribution in [0.5, 0.6) is 0 Å². The molecule has 94 heavy (non-hydrogen) atoms. The zero-order valence-corrected chi connectivity index (χ0v) is 59.8. The van der Waals surface area contributed by atoms with Crippen molar-refractivity contribution in [1.82, 2.24) is 53.7 Å². The number of aromatic nitrogens is 10. The van der Waals surface area contributed by atoms with E-state index in [2.05, 4.69) is 129 Å². The molecule has 0 bridgehead atoms. The van der Waals surface area contributed by atoms with Crippen molar-refractivity contribution in [2.24, 2.45) is 17.8 Å². The number of pyridine rings is 4. The van der Waals surface area contributed by atoms with Gasteiger partial charge in [0.1, 0.15) is 53.2 Å². The molecule has 10 heterocycles. The molecular formula is C68H117N25O. The highest BCUT2D eigenvalue weighted by Gasteiger charge is 2.18. The minimum absolute atomic E-state index is 0. The van der Waals surface area contributed by atoms with Crippen molar-refractivity contribution in [2.75, 3.05) is 188 Å². The van der Waals surface area contributed by atoms with Gasteiger partial charge in [-0.25, -0.2) is 22.6 Å². The van der Waals surface area contributed by atoms with E-state index in [1.807, 2.05) is 164 Å². The van der Waals surface area contributed by atoms with Crippen LogP contribution in [0.2, 0.25) is 0 Å². The molecule has 26 nitrogen and oxygen atoms in total. The fraction of sp³-hybridized carbons (Fsp3) is 0.368. The van der Waals surface area contributed by atoms with Gasteiger partial charge in [0.2, 0.25) is 6.33 Å². The highest BCUT2D eigenvalue weighted by molar-refractivity contribution is 5.97. The normalized spacial score (nSPS) is 12.4. The number of aliphatic imine (C=N–C) groups is 1. The zero-order valence-electron chi connectivity index (χ0n) is 59.8. The zero-order chi connectivity index (χ0) is 64.9. The lowest BCUT2D eigenvalue weighted by Crippen LogP contribution is -2.44. The van der Waals surface area contributed by atoms with E-state index in [-0.39, 0.29) is 43.7 Å². The number of aryl methyl sites for hydroxylation is 1.